The first-order valence-corrected chi connectivity index (χ1v) is 7.56. The molecule has 1 amide bonds. The molecule has 1 aliphatic rings. The van der Waals surface area contributed by atoms with Crippen molar-refractivity contribution in [3.63, 3.8) is 0 Å². The van der Waals surface area contributed by atoms with Gasteiger partial charge in [0.25, 0.3) is 5.91 Å². The van der Waals surface area contributed by atoms with Crippen LogP contribution in [0.5, 0.6) is 11.5 Å². The molecule has 5 heteroatoms. The quantitative estimate of drug-likeness (QED) is 0.498. The second-order valence-electron chi connectivity index (χ2n) is 5.23. The maximum absolute atomic E-state index is 12.0. The van der Waals surface area contributed by atoms with E-state index in [1.54, 1.807) is 6.08 Å². The van der Waals surface area contributed by atoms with Crippen LogP contribution in [0, 0.1) is 11.3 Å². The smallest absolute Gasteiger partial charge is 0.262 e. The minimum absolute atomic E-state index is 0.0128. The van der Waals surface area contributed by atoms with Crippen LogP contribution in [0.3, 0.4) is 0 Å². The fourth-order valence-corrected chi connectivity index (χ4v) is 2.41. The summed E-state index contributed by atoms with van der Waals surface area (Å²) in [6.07, 6.45) is 4.02. The minimum Gasteiger partial charge on any atom is -0.493 e. The first-order chi connectivity index (χ1) is 11.1. The molecule has 0 saturated carbocycles. The highest BCUT2D eigenvalue weighted by Gasteiger charge is 2.22. The summed E-state index contributed by atoms with van der Waals surface area (Å²) < 4.78 is 11.4. The van der Waals surface area contributed by atoms with Gasteiger partial charge in [-0.15, -0.1) is 6.58 Å². The molecule has 1 aromatic rings. The third kappa shape index (κ3) is 3.92. The van der Waals surface area contributed by atoms with Gasteiger partial charge in [-0.1, -0.05) is 6.08 Å². The molecule has 0 aliphatic carbocycles. The van der Waals surface area contributed by atoms with Gasteiger partial charge >= 0.3 is 0 Å². The SMILES string of the molecule is C=CCNC(=O)/C(C#N)=C/c1cc2c(cc1OCC)C[C@H](C)O2. The van der Waals surface area contributed by atoms with E-state index in [2.05, 4.69) is 11.9 Å². The van der Waals surface area contributed by atoms with Gasteiger partial charge in [0.15, 0.2) is 0 Å². The molecule has 23 heavy (non-hydrogen) atoms. The third-order valence-corrected chi connectivity index (χ3v) is 3.40. The molecule has 0 fully saturated rings. The molecule has 0 aromatic heterocycles. The van der Waals surface area contributed by atoms with Gasteiger partial charge in [-0.25, -0.2) is 0 Å². The van der Waals surface area contributed by atoms with E-state index < -0.39 is 5.91 Å². The average molecular weight is 312 g/mol. The zero-order valence-electron chi connectivity index (χ0n) is 13.4. The van der Waals surface area contributed by atoms with E-state index in [4.69, 9.17) is 9.47 Å². The zero-order chi connectivity index (χ0) is 16.8. The normalized spacial score (nSPS) is 16.0. The summed E-state index contributed by atoms with van der Waals surface area (Å²) in [7, 11) is 0. The first-order valence-electron chi connectivity index (χ1n) is 7.56. The molecule has 1 aromatic carbocycles. The maximum Gasteiger partial charge on any atom is 0.262 e. The van der Waals surface area contributed by atoms with Crippen molar-refractivity contribution in [3.8, 4) is 17.6 Å². The average Bonchev–Trinajstić information content (AvgIpc) is 2.89. The first kappa shape index (κ1) is 16.6. The fourth-order valence-electron chi connectivity index (χ4n) is 2.41. The summed E-state index contributed by atoms with van der Waals surface area (Å²) in [4.78, 5) is 12.0. The lowest BCUT2D eigenvalue weighted by atomic mass is 10.0. The number of ether oxygens (including phenoxy) is 2. The lowest BCUT2D eigenvalue weighted by molar-refractivity contribution is -0.116. The Morgan fingerprint density at radius 3 is 3.04 bits per heavy atom. The van der Waals surface area contributed by atoms with Crippen molar-refractivity contribution in [1.82, 2.24) is 5.32 Å². The highest BCUT2D eigenvalue weighted by molar-refractivity contribution is 6.02. The second kappa shape index (κ2) is 7.50. The second-order valence-corrected chi connectivity index (χ2v) is 5.23. The Labute approximate surface area is 136 Å². The van der Waals surface area contributed by atoms with Crippen molar-refractivity contribution in [2.45, 2.75) is 26.4 Å². The number of fused-ring (bicyclic) bond motifs is 1. The van der Waals surface area contributed by atoms with E-state index in [0.29, 0.717) is 24.5 Å². The third-order valence-electron chi connectivity index (χ3n) is 3.40. The zero-order valence-corrected chi connectivity index (χ0v) is 13.4. The van der Waals surface area contributed by atoms with Gasteiger partial charge in [0.1, 0.15) is 29.2 Å². The van der Waals surface area contributed by atoms with Crippen LogP contribution in [-0.2, 0) is 11.2 Å². The topological polar surface area (TPSA) is 71.4 Å². The molecule has 0 unspecified atom stereocenters. The largest absolute Gasteiger partial charge is 0.493 e. The summed E-state index contributed by atoms with van der Waals surface area (Å²) in [6.45, 7) is 8.23. The van der Waals surface area contributed by atoms with Crippen LogP contribution in [0.4, 0.5) is 0 Å². The summed E-state index contributed by atoms with van der Waals surface area (Å²) in [5, 5.41) is 11.8. The number of nitriles is 1. The Balaban J connectivity index is 2.38. The Hall–Kier alpha value is -2.74. The highest BCUT2D eigenvalue weighted by atomic mass is 16.5. The number of carbonyl (C=O) groups is 1. The predicted molar refractivity (Wildman–Crippen MR) is 88.2 cm³/mol. The minimum atomic E-state index is -0.440. The Bertz CT molecular complexity index is 686. The van der Waals surface area contributed by atoms with Crippen LogP contribution in [0.15, 0.2) is 30.4 Å². The van der Waals surface area contributed by atoms with E-state index in [1.807, 2.05) is 32.0 Å². The molecule has 5 nitrogen and oxygen atoms in total. The molecule has 120 valence electrons. The van der Waals surface area contributed by atoms with Crippen molar-refractivity contribution in [2.75, 3.05) is 13.2 Å². The van der Waals surface area contributed by atoms with E-state index in [-0.39, 0.29) is 11.7 Å². The van der Waals surface area contributed by atoms with E-state index >= 15 is 0 Å². The maximum atomic E-state index is 12.0. The van der Waals surface area contributed by atoms with Crippen LogP contribution in [-0.4, -0.2) is 25.2 Å². The van der Waals surface area contributed by atoms with Crippen molar-refractivity contribution in [3.05, 3.63) is 41.5 Å². The van der Waals surface area contributed by atoms with E-state index in [9.17, 15) is 10.1 Å². The molecule has 2 rings (SSSR count). The lowest BCUT2D eigenvalue weighted by Crippen LogP contribution is -2.24. The van der Waals surface area contributed by atoms with Crippen LogP contribution >= 0.6 is 0 Å². The number of hydrogen-bond acceptors (Lipinski definition) is 4. The number of hydrogen-bond donors (Lipinski definition) is 1. The van der Waals surface area contributed by atoms with Crippen LogP contribution in [0.1, 0.15) is 25.0 Å². The highest BCUT2D eigenvalue weighted by Crippen LogP contribution is 2.36. The molecule has 0 spiro atoms. The van der Waals surface area contributed by atoms with Crippen LogP contribution in [0.2, 0.25) is 0 Å². The van der Waals surface area contributed by atoms with Gasteiger partial charge in [-0.05, 0) is 32.1 Å². The molecule has 1 aliphatic heterocycles. The molecule has 0 saturated heterocycles. The number of nitrogens with one attached hydrogen (secondary N) is 1. The summed E-state index contributed by atoms with van der Waals surface area (Å²) in [5.74, 6) is 0.980. The van der Waals surface area contributed by atoms with E-state index in [1.165, 1.54) is 6.08 Å². The monoisotopic (exact) mass is 312 g/mol. The number of benzene rings is 1. The van der Waals surface area contributed by atoms with Gasteiger partial charge in [-0.2, -0.15) is 5.26 Å². The Morgan fingerprint density at radius 2 is 2.39 bits per heavy atom. The van der Waals surface area contributed by atoms with Gasteiger partial charge in [0, 0.05) is 24.1 Å². The van der Waals surface area contributed by atoms with Gasteiger partial charge in [-0.3, -0.25) is 4.79 Å². The Kier molecular flexibility index (Phi) is 5.42. The number of rotatable bonds is 6. The number of nitrogens with zero attached hydrogens (tertiary/aromatic N) is 1. The molecule has 1 atom stereocenters. The van der Waals surface area contributed by atoms with Crippen molar-refractivity contribution < 1.29 is 14.3 Å². The van der Waals surface area contributed by atoms with Crippen molar-refractivity contribution >= 4 is 12.0 Å². The van der Waals surface area contributed by atoms with Crippen molar-refractivity contribution in [1.29, 1.82) is 5.26 Å². The molecule has 1 heterocycles. The molecular weight excluding hydrogens is 292 g/mol. The fraction of sp³-hybridized carbons (Fsp3) is 0.333. The summed E-state index contributed by atoms with van der Waals surface area (Å²) in [6, 6.07) is 5.67. The standard InChI is InChI=1S/C18H20N2O3/c1-4-6-20-18(21)15(11-19)8-14-10-17-13(7-12(3)23-17)9-16(14)22-5-2/h4,8-10,12H,1,5-7H2,2-3H3,(H,20,21)/b15-8+/t12-/m0/s1. The van der Waals surface area contributed by atoms with Crippen LogP contribution < -0.4 is 14.8 Å². The summed E-state index contributed by atoms with van der Waals surface area (Å²) >= 11 is 0. The molecule has 0 bridgehead atoms. The Morgan fingerprint density at radius 1 is 1.61 bits per heavy atom. The molecule has 1 N–H and O–H groups in total. The van der Waals surface area contributed by atoms with Gasteiger partial charge < -0.3 is 14.8 Å². The molecule has 0 radical (unpaired) electrons. The van der Waals surface area contributed by atoms with Gasteiger partial charge in [0.05, 0.1) is 6.61 Å². The van der Waals surface area contributed by atoms with E-state index in [0.717, 1.165) is 17.7 Å². The number of carbonyl (C=O) groups excluding carboxylic acids is 1. The number of amides is 1. The lowest BCUT2D eigenvalue weighted by Gasteiger charge is -2.10. The predicted octanol–water partition coefficient (Wildman–Crippen LogP) is 2.62. The molecular formula is C18H20N2O3. The van der Waals surface area contributed by atoms with Gasteiger partial charge in [0.2, 0.25) is 0 Å². The van der Waals surface area contributed by atoms with Crippen LogP contribution in [0.25, 0.3) is 6.08 Å². The summed E-state index contributed by atoms with van der Waals surface area (Å²) in [5.41, 5.74) is 1.75. The van der Waals surface area contributed by atoms with Crippen molar-refractivity contribution in [2.24, 2.45) is 0 Å².